The van der Waals surface area contributed by atoms with Crippen molar-refractivity contribution < 1.29 is 9.59 Å². The molecule has 0 atom stereocenters. The molecule has 4 rings (SSSR count). The standard InChI is InChI=1S/C21H27N5O2/c1-15(2)20-17(13-22-23-20)21(28)25-11-9-24(10-12-25)14-19(27)26-8-7-16-5-3-4-6-18(16)26/h3-6,13,15H,7-12,14H2,1-2H3,(H,22,23). The van der Waals surface area contributed by atoms with Crippen LogP contribution in [0.25, 0.3) is 0 Å². The van der Waals surface area contributed by atoms with Crippen molar-refractivity contribution in [3.8, 4) is 0 Å². The van der Waals surface area contributed by atoms with E-state index in [0.717, 1.165) is 24.3 Å². The second kappa shape index (κ2) is 7.75. The summed E-state index contributed by atoms with van der Waals surface area (Å²) in [4.78, 5) is 31.5. The maximum atomic E-state index is 12.8. The highest BCUT2D eigenvalue weighted by Crippen LogP contribution is 2.27. The SMILES string of the molecule is CC(C)c1[nH]ncc1C(=O)N1CCN(CC(=O)N2CCc3ccccc32)CC1. The number of aromatic amines is 1. The van der Waals surface area contributed by atoms with Gasteiger partial charge in [0, 0.05) is 38.4 Å². The third-order valence-corrected chi connectivity index (χ3v) is 5.68. The smallest absolute Gasteiger partial charge is 0.257 e. The maximum absolute atomic E-state index is 12.8. The molecular weight excluding hydrogens is 354 g/mol. The van der Waals surface area contributed by atoms with Crippen LogP contribution >= 0.6 is 0 Å². The lowest BCUT2D eigenvalue weighted by atomic mass is 10.1. The molecule has 1 N–H and O–H groups in total. The number of aromatic nitrogens is 2. The summed E-state index contributed by atoms with van der Waals surface area (Å²) in [5.41, 5.74) is 3.83. The van der Waals surface area contributed by atoms with Gasteiger partial charge in [0.15, 0.2) is 0 Å². The number of para-hydroxylation sites is 1. The average Bonchev–Trinajstić information content (AvgIpc) is 3.35. The van der Waals surface area contributed by atoms with Gasteiger partial charge in [0.2, 0.25) is 5.91 Å². The van der Waals surface area contributed by atoms with Crippen LogP contribution in [0.2, 0.25) is 0 Å². The number of fused-ring (bicyclic) bond motifs is 1. The van der Waals surface area contributed by atoms with Crippen LogP contribution in [0.3, 0.4) is 0 Å². The Morgan fingerprint density at radius 1 is 1.11 bits per heavy atom. The number of benzene rings is 1. The first kappa shape index (κ1) is 18.7. The molecule has 1 aromatic carbocycles. The van der Waals surface area contributed by atoms with Gasteiger partial charge in [-0.1, -0.05) is 32.0 Å². The van der Waals surface area contributed by atoms with Crippen molar-refractivity contribution in [3.63, 3.8) is 0 Å². The van der Waals surface area contributed by atoms with E-state index in [4.69, 9.17) is 0 Å². The minimum atomic E-state index is 0.0249. The first-order chi connectivity index (χ1) is 13.5. The van der Waals surface area contributed by atoms with Gasteiger partial charge in [-0.3, -0.25) is 19.6 Å². The predicted molar refractivity (Wildman–Crippen MR) is 108 cm³/mol. The van der Waals surface area contributed by atoms with E-state index in [0.29, 0.717) is 38.3 Å². The van der Waals surface area contributed by atoms with E-state index >= 15 is 0 Å². The van der Waals surface area contributed by atoms with Crippen LogP contribution in [-0.2, 0) is 11.2 Å². The van der Waals surface area contributed by atoms with E-state index in [1.165, 1.54) is 5.56 Å². The van der Waals surface area contributed by atoms with Gasteiger partial charge < -0.3 is 9.80 Å². The zero-order chi connectivity index (χ0) is 19.7. The highest BCUT2D eigenvalue weighted by molar-refractivity contribution is 5.97. The van der Waals surface area contributed by atoms with Crippen LogP contribution in [0.4, 0.5) is 5.69 Å². The van der Waals surface area contributed by atoms with E-state index in [1.54, 1.807) is 6.20 Å². The van der Waals surface area contributed by atoms with Crippen LogP contribution in [0.15, 0.2) is 30.5 Å². The van der Waals surface area contributed by atoms with Crippen LogP contribution in [0.1, 0.15) is 41.4 Å². The molecule has 2 aliphatic heterocycles. The number of nitrogens with one attached hydrogen (secondary N) is 1. The van der Waals surface area contributed by atoms with Crippen LogP contribution in [0.5, 0.6) is 0 Å². The molecule has 0 saturated carbocycles. The molecule has 2 amide bonds. The Kier molecular flexibility index (Phi) is 5.17. The zero-order valence-electron chi connectivity index (χ0n) is 16.5. The highest BCUT2D eigenvalue weighted by Gasteiger charge is 2.29. The van der Waals surface area contributed by atoms with Gasteiger partial charge >= 0.3 is 0 Å². The lowest BCUT2D eigenvalue weighted by molar-refractivity contribution is -0.120. The lowest BCUT2D eigenvalue weighted by Gasteiger charge is -2.35. The molecule has 1 saturated heterocycles. The number of anilines is 1. The van der Waals surface area contributed by atoms with Crippen molar-refractivity contribution >= 4 is 17.5 Å². The summed E-state index contributed by atoms with van der Waals surface area (Å²) in [6, 6.07) is 8.12. The molecule has 1 aromatic heterocycles. The van der Waals surface area contributed by atoms with E-state index < -0.39 is 0 Å². The Hall–Kier alpha value is -2.67. The quantitative estimate of drug-likeness (QED) is 0.878. The lowest BCUT2D eigenvalue weighted by Crippen LogP contribution is -2.51. The summed E-state index contributed by atoms with van der Waals surface area (Å²) >= 11 is 0. The molecule has 7 nitrogen and oxygen atoms in total. The number of H-pyrrole nitrogens is 1. The molecule has 7 heteroatoms. The fourth-order valence-electron chi connectivity index (χ4n) is 4.06. The Balaban J connectivity index is 1.33. The summed E-state index contributed by atoms with van der Waals surface area (Å²) in [5.74, 6) is 0.391. The topological polar surface area (TPSA) is 72.5 Å². The van der Waals surface area contributed by atoms with Gasteiger partial charge in [0.1, 0.15) is 0 Å². The molecule has 1 fully saturated rings. The summed E-state index contributed by atoms with van der Waals surface area (Å²) in [6.45, 7) is 7.93. The predicted octanol–water partition coefficient (Wildman–Crippen LogP) is 1.88. The Labute approximate surface area is 165 Å². The van der Waals surface area contributed by atoms with Crippen LogP contribution < -0.4 is 4.90 Å². The molecule has 0 radical (unpaired) electrons. The van der Waals surface area contributed by atoms with E-state index in [2.05, 4.69) is 21.2 Å². The minimum absolute atomic E-state index is 0.0249. The van der Waals surface area contributed by atoms with Gasteiger partial charge in [0.25, 0.3) is 5.91 Å². The molecule has 0 aliphatic carbocycles. The van der Waals surface area contributed by atoms with Crippen LogP contribution in [-0.4, -0.2) is 71.1 Å². The number of carbonyl (C=O) groups excluding carboxylic acids is 2. The fourth-order valence-corrected chi connectivity index (χ4v) is 4.06. The second-order valence-corrected chi connectivity index (χ2v) is 7.84. The molecule has 0 unspecified atom stereocenters. The molecule has 148 valence electrons. The molecule has 2 aromatic rings. The van der Waals surface area contributed by atoms with Crippen molar-refractivity contribution in [1.82, 2.24) is 20.0 Å². The number of piperazine rings is 1. The number of hydrogen-bond donors (Lipinski definition) is 1. The van der Waals surface area contributed by atoms with Gasteiger partial charge in [-0.25, -0.2) is 0 Å². The van der Waals surface area contributed by atoms with E-state index in [9.17, 15) is 9.59 Å². The number of amides is 2. The van der Waals surface area contributed by atoms with Crippen molar-refractivity contribution in [2.45, 2.75) is 26.2 Å². The van der Waals surface area contributed by atoms with E-state index in [-0.39, 0.29) is 17.7 Å². The molecule has 3 heterocycles. The zero-order valence-corrected chi connectivity index (χ0v) is 16.5. The first-order valence-electron chi connectivity index (χ1n) is 9.97. The number of rotatable bonds is 4. The number of hydrogen-bond acceptors (Lipinski definition) is 4. The molecule has 28 heavy (non-hydrogen) atoms. The average molecular weight is 381 g/mol. The van der Waals surface area contributed by atoms with Gasteiger partial charge in [-0.05, 0) is 24.0 Å². The third-order valence-electron chi connectivity index (χ3n) is 5.68. The second-order valence-electron chi connectivity index (χ2n) is 7.84. The number of nitrogens with zero attached hydrogens (tertiary/aromatic N) is 4. The van der Waals surface area contributed by atoms with Crippen molar-refractivity contribution in [3.05, 3.63) is 47.3 Å². The maximum Gasteiger partial charge on any atom is 0.257 e. The van der Waals surface area contributed by atoms with Crippen molar-refractivity contribution in [2.75, 3.05) is 44.2 Å². The van der Waals surface area contributed by atoms with Crippen molar-refractivity contribution in [1.29, 1.82) is 0 Å². The Bertz CT molecular complexity index is 867. The van der Waals surface area contributed by atoms with Gasteiger partial charge in [-0.15, -0.1) is 0 Å². The summed E-state index contributed by atoms with van der Waals surface area (Å²) in [7, 11) is 0. The molecule has 0 bridgehead atoms. The molecular formula is C21H27N5O2. The van der Waals surface area contributed by atoms with Gasteiger partial charge in [0.05, 0.1) is 24.0 Å². The number of carbonyl (C=O) groups is 2. The summed E-state index contributed by atoms with van der Waals surface area (Å²) < 4.78 is 0. The normalized spacial score (nSPS) is 17.2. The molecule has 0 spiro atoms. The van der Waals surface area contributed by atoms with Crippen molar-refractivity contribution in [2.24, 2.45) is 0 Å². The largest absolute Gasteiger partial charge is 0.336 e. The third kappa shape index (κ3) is 3.54. The monoisotopic (exact) mass is 381 g/mol. The Morgan fingerprint density at radius 3 is 2.61 bits per heavy atom. The fraction of sp³-hybridized carbons (Fsp3) is 0.476. The first-order valence-corrected chi connectivity index (χ1v) is 9.97. The van der Waals surface area contributed by atoms with E-state index in [1.807, 2.05) is 41.8 Å². The molecule has 2 aliphatic rings. The highest BCUT2D eigenvalue weighted by atomic mass is 16.2. The Morgan fingerprint density at radius 2 is 1.86 bits per heavy atom. The minimum Gasteiger partial charge on any atom is -0.336 e. The summed E-state index contributed by atoms with van der Waals surface area (Å²) in [6.07, 6.45) is 2.55. The van der Waals surface area contributed by atoms with Gasteiger partial charge in [-0.2, -0.15) is 5.10 Å². The van der Waals surface area contributed by atoms with Crippen LogP contribution in [0, 0.1) is 0 Å². The summed E-state index contributed by atoms with van der Waals surface area (Å²) in [5, 5.41) is 6.98.